The van der Waals surface area contributed by atoms with Crippen molar-refractivity contribution in [3.63, 3.8) is 0 Å². The molecule has 0 N–H and O–H groups in total. The number of hydrogen-bond donors (Lipinski definition) is 0. The number of nitrogens with zero attached hydrogens (tertiary/aromatic N) is 3. The average Bonchev–Trinajstić information content (AvgIpc) is 3.04. The first-order valence-corrected chi connectivity index (χ1v) is 9.09. The van der Waals surface area contributed by atoms with E-state index in [2.05, 4.69) is 14.9 Å². The summed E-state index contributed by atoms with van der Waals surface area (Å²) in [6.45, 7) is 3.99. The summed E-state index contributed by atoms with van der Waals surface area (Å²) < 4.78 is 37.2. The molecule has 0 saturated heterocycles. The highest BCUT2D eigenvalue weighted by Crippen LogP contribution is 2.30. The number of fused-ring (bicyclic) bond motifs is 1. The molecule has 1 heterocycles. The van der Waals surface area contributed by atoms with Gasteiger partial charge < -0.3 is 4.74 Å². The zero-order valence-electron chi connectivity index (χ0n) is 14.5. The van der Waals surface area contributed by atoms with Gasteiger partial charge in [0.25, 0.3) is 0 Å². The van der Waals surface area contributed by atoms with Gasteiger partial charge in [0, 0.05) is 13.6 Å². The number of rotatable bonds is 5. The van der Waals surface area contributed by atoms with E-state index in [0.717, 1.165) is 16.7 Å². The third kappa shape index (κ3) is 3.22. The number of sulfonamides is 1. The second kappa shape index (κ2) is 6.45. The minimum absolute atomic E-state index is 0.157. The number of aromatic nitrogens is 2. The number of ether oxygens (including phenoxy) is 1. The third-order valence-electron chi connectivity index (χ3n) is 4.19. The smallest absolute Gasteiger partial charge is 0.246 e. The highest BCUT2D eigenvalue weighted by Gasteiger charge is 2.26. The lowest BCUT2D eigenvalue weighted by Gasteiger charge is -2.20. The first kappa shape index (κ1) is 17.4. The molecule has 0 aliphatic rings. The summed E-state index contributed by atoms with van der Waals surface area (Å²) >= 11 is 0. The second-order valence-corrected chi connectivity index (χ2v) is 7.95. The lowest BCUT2D eigenvalue weighted by atomic mass is 10.1. The zero-order chi connectivity index (χ0) is 18.2. The Morgan fingerprint density at radius 3 is 2.48 bits per heavy atom. The highest BCUT2D eigenvalue weighted by molar-refractivity contribution is 7.89. The summed E-state index contributed by atoms with van der Waals surface area (Å²) in [5, 5.41) is 7.52. The van der Waals surface area contributed by atoms with Gasteiger partial charge in [-0.3, -0.25) is 0 Å². The molecule has 0 bridgehead atoms. The number of benzene rings is 2. The Bertz CT molecular complexity index is 1030. The van der Waals surface area contributed by atoms with Crippen molar-refractivity contribution in [3.8, 4) is 5.75 Å². The zero-order valence-corrected chi connectivity index (χ0v) is 15.3. The fourth-order valence-corrected chi connectivity index (χ4v) is 3.94. The quantitative estimate of drug-likeness (QED) is 0.694. The Hall–Kier alpha value is -2.45. The Morgan fingerprint density at radius 1 is 1.08 bits per heavy atom. The normalized spacial score (nSPS) is 12.0. The van der Waals surface area contributed by atoms with Crippen LogP contribution in [0.15, 0.2) is 39.9 Å². The molecule has 0 atom stereocenters. The highest BCUT2D eigenvalue weighted by atomic mass is 32.2. The van der Waals surface area contributed by atoms with E-state index in [1.807, 2.05) is 13.8 Å². The van der Waals surface area contributed by atoms with Gasteiger partial charge in [0.1, 0.15) is 21.7 Å². The molecule has 3 rings (SSSR count). The van der Waals surface area contributed by atoms with Gasteiger partial charge >= 0.3 is 0 Å². The van der Waals surface area contributed by atoms with Gasteiger partial charge in [-0.2, -0.15) is 4.31 Å². The molecule has 8 heteroatoms. The van der Waals surface area contributed by atoms with Crippen LogP contribution in [-0.2, 0) is 16.6 Å². The van der Waals surface area contributed by atoms with Crippen molar-refractivity contribution >= 4 is 21.1 Å². The van der Waals surface area contributed by atoms with Crippen LogP contribution >= 0.6 is 0 Å². The van der Waals surface area contributed by atoms with Gasteiger partial charge in [-0.05, 0) is 65.1 Å². The number of hydrogen-bond acceptors (Lipinski definition) is 6. The fraction of sp³-hybridized carbons (Fsp3) is 0.294. The molecule has 0 spiro atoms. The van der Waals surface area contributed by atoms with Crippen molar-refractivity contribution in [2.75, 3.05) is 14.2 Å². The Balaban J connectivity index is 1.95. The largest absolute Gasteiger partial charge is 0.495 e. The molecule has 0 unspecified atom stereocenters. The van der Waals surface area contributed by atoms with Gasteiger partial charge in [0.15, 0.2) is 0 Å². The van der Waals surface area contributed by atoms with E-state index in [4.69, 9.17) is 4.74 Å². The minimum Gasteiger partial charge on any atom is -0.495 e. The van der Waals surface area contributed by atoms with Gasteiger partial charge in [0.05, 0.1) is 7.11 Å². The van der Waals surface area contributed by atoms with Gasteiger partial charge in [-0.25, -0.2) is 13.0 Å². The number of aryl methyl sites for hydroxylation is 2. The molecule has 0 aliphatic carbocycles. The Kier molecular flexibility index (Phi) is 4.49. The maximum Gasteiger partial charge on any atom is 0.246 e. The Morgan fingerprint density at radius 2 is 1.76 bits per heavy atom. The van der Waals surface area contributed by atoms with Crippen molar-refractivity contribution in [2.24, 2.45) is 0 Å². The summed E-state index contributed by atoms with van der Waals surface area (Å²) in [5.74, 6) is 0.339. The van der Waals surface area contributed by atoms with Crippen molar-refractivity contribution in [3.05, 3.63) is 47.0 Å². The maximum atomic E-state index is 13.0. The standard InChI is InChI=1S/C17H19N3O4S/c1-11-7-16(23-4)17(8-12(11)2)25(21,22)20(3)10-13-5-6-14-15(9-13)19-24-18-14/h5-9H,10H2,1-4H3. The molecule has 2 aromatic carbocycles. The van der Waals surface area contributed by atoms with Crippen molar-refractivity contribution in [2.45, 2.75) is 25.3 Å². The van der Waals surface area contributed by atoms with Crippen LogP contribution in [0, 0.1) is 13.8 Å². The maximum absolute atomic E-state index is 13.0. The summed E-state index contributed by atoms with van der Waals surface area (Å²) in [5.41, 5.74) is 3.87. The van der Waals surface area contributed by atoms with Crippen molar-refractivity contribution in [1.82, 2.24) is 14.6 Å². The molecule has 0 amide bonds. The SMILES string of the molecule is COc1cc(C)c(C)cc1S(=O)(=O)N(C)Cc1ccc2nonc2c1. The van der Waals surface area contributed by atoms with Crippen LogP contribution in [0.4, 0.5) is 0 Å². The van der Waals surface area contributed by atoms with Gasteiger partial charge in [-0.15, -0.1) is 0 Å². The van der Waals surface area contributed by atoms with Crippen molar-refractivity contribution in [1.29, 1.82) is 0 Å². The Labute approximate surface area is 146 Å². The van der Waals surface area contributed by atoms with Gasteiger partial charge in [-0.1, -0.05) is 6.07 Å². The number of methoxy groups -OCH3 is 1. The topological polar surface area (TPSA) is 85.5 Å². The van der Waals surface area contributed by atoms with E-state index < -0.39 is 10.0 Å². The molecule has 25 heavy (non-hydrogen) atoms. The van der Waals surface area contributed by atoms with Crippen molar-refractivity contribution < 1.29 is 17.8 Å². The van der Waals surface area contributed by atoms with Crippen LogP contribution in [0.25, 0.3) is 11.0 Å². The first-order chi connectivity index (χ1) is 11.8. The summed E-state index contributed by atoms with van der Waals surface area (Å²) in [6, 6.07) is 8.69. The molecule has 0 saturated carbocycles. The van der Waals surface area contributed by atoms with E-state index in [9.17, 15) is 8.42 Å². The molecule has 3 aromatic rings. The average molecular weight is 361 g/mol. The molecular formula is C17H19N3O4S. The molecule has 0 fully saturated rings. The van der Waals surface area contributed by atoms with E-state index in [1.54, 1.807) is 30.3 Å². The van der Waals surface area contributed by atoms with E-state index in [1.165, 1.54) is 18.5 Å². The minimum atomic E-state index is -3.71. The molecular weight excluding hydrogens is 342 g/mol. The predicted octanol–water partition coefficient (Wildman–Crippen LogP) is 2.67. The lowest BCUT2D eigenvalue weighted by Crippen LogP contribution is -2.27. The second-order valence-electron chi connectivity index (χ2n) is 5.94. The fourth-order valence-electron chi connectivity index (χ4n) is 2.56. The predicted molar refractivity (Wildman–Crippen MR) is 92.9 cm³/mol. The first-order valence-electron chi connectivity index (χ1n) is 7.65. The molecule has 1 aromatic heterocycles. The lowest BCUT2D eigenvalue weighted by molar-refractivity contribution is 0.315. The van der Waals surface area contributed by atoms with Crippen LogP contribution in [-0.4, -0.2) is 37.2 Å². The van der Waals surface area contributed by atoms with Crippen LogP contribution in [0.3, 0.4) is 0 Å². The van der Waals surface area contributed by atoms with Crippen LogP contribution < -0.4 is 4.74 Å². The molecule has 7 nitrogen and oxygen atoms in total. The van der Waals surface area contributed by atoms with Crippen LogP contribution in [0.1, 0.15) is 16.7 Å². The summed E-state index contributed by atoms with van der Waals surface area (Å²) in [7, 11) is -0.706. The van der Waals surface area contributed by atoms with E-state index in [0.29, 0.717) is 16.8 Å². The van der Waals surface area contributed by atoms with Crippen LogP contribution in [0.5, 0.6) is 5.75 Å². The molecule has 0 aliphatic heterocycles. The molecule has 0 radical (unpaired) electrons. The monoisotopic (exact) mass is 361 g/mol. The van der Waals surface area contributed by atoms with E-state index in [-0.39, 0.29) is 11.4 Å². The van der Waals surface area contributed by atoms with E-state index >= 15 is 0 Å². The van der Waals surface area contributed by atoms with Gasteiger partial charge in [0.2, 0.25) is 10.0 Å². The summed E-state index contributed by atoms with van der Waals surface area (Å²) in [4.78, 5) is 0.157. The summed E-state index contributed by atoms with van der Waals surface area (Å²) in [6.07, 6.45) is 0. The third-order valence-corrected chi connectivity index (χ3v) is 6.02. The van der Waals surface area contributed by atoms with Crippen LogP contribution in [0.2, 0.25) is 0 Å². The molecule has 132 valence electrons.